The molecule has 1 aliphatic rings. The number of nitrogens with zero attached hydrogens (tertiary/aromatic N) is 2. The van der Waals surface area contributed by atoms with Crippen LogP contribution in [0.2, 0.25) is 0 Å². The quantitative estimate of drug-likeness (QED) is 0.243. The van der Waals surface area contributed by atoms with Gasteiger partial charge in [0.1, 0.15) is 0 Å². The van der Waals surface area contributed by atoms with E-state index in [1.807, 2.05) is 0 Å². The van der Waals surface area contributed by atoms with Crippen molar-refractivity contribution in [2.45, 2.75) is 25.3 Å². The minimum absolute atomic E-state index is 0.605. The molecule has 1 heterocycles. The molecule has 0 aromatic rings. The topological polar surface area (TPSA) is 65.7 Å². The van der Waals surface area contributed by atoms with Crippen molar-refractivity contribution in [2.24, 2.45) is 10.8 Å². The summed E-state index contributed by atoms with van der Waals surface area (Å²) in [6.45, 7) is 2.11. The molecule has 82 valence electrons. The first-order valence-electron chi connectivity index (χ1n) is 5.15. The smallest absolute Gasteiger partial charge is 0.205 e. The molecular formula is C9H21N5. The zero-order valence-electron chi connectivity index (χ0n) is 9.08. The van der Waals surface area contributed by atoms with E-state index in [-0.39, 0.29) is 0 Å². The first kappa shape index (κ1) is 11.3. The van der Waals surface area contributed by atoms with Crippen LogP contribution >= 0.6 is 0 Å². The van der Waals surface area contributed by atoms with Crippen molar-refractivity contribution in [1.29, 1.82) is 0 Å². The van der Waals surface area contributed by atoms with Crippen LogP contribution in [0.1, 0.15) is 19.3 Å². The van der Waals surface area contributed by atoms with Crippen LogP contribution in [0.5, 0.6) is 0 Å². The molecule has 0 spiro atoms. The molecule has 1 atom stereocenters. The summed E-state index contributed by atoms with van der Waals surface area (Å²) in [7, 11) is 3.89. The highest BCUT2D eigenvalue weighted by atomic mass is 15.3. The Morgan fingerprint density at radius 3 is 2.93 bits per heavy atom. The maximum Gasteiger partial charge on any atom is 0.205 e. The molecule has 0 bridgehead atoms. The molecule has 0 saturated carbocycles. The van der Waals surface area contributed by atoms with Gasteiger partial charge >= 0.3 is 0 Å². The lowest BCUT2D eigenvalue weighted by Crippen LogP contribution is -2.49. The molecule has 0 amide bonds. The van der Waals surface area contributed by atoms with Crippen molar-refractivity contribution >= 4 is 5.96 Å². The monoisotopic (exact) mass is 199 g/mol. The second-order valence-corrected chi connectivity index (χ2v) is 3.73. The molecule has 0 aliphatic carbocycles. The molecule has 1 rings (SSSR count). The minimum atomic E-state index is 0.605. The molecule has 0 aromatic carbocycles. The molecule has 1 unspecified atom stereocenters. The molecule has 1 aliphatic heterocycles. The maximum absolute atomic E-state index is 5.28. The largest absolute Gasteiger partial charge is 0.354 e. The molecule has 0 radical (unpaired) electrons. The van der Waals surface area contributed by atoms with Crippen molar-refractivity contribution in [3.8, 4) is 0 Å². The standard InChI is InChI=1S/C9H21N5/c1-11-9(13-10)12-7-8-5-3-4-6-14(8)2/h8H,3-7,10H2,1-2H3,(H2,11,12,13). The van der Waals surface area contributed by atoms with Gasteiger partial charge in [0.25, 0.3) is 0 Å². The molecule has 1 fully saturated rings. The normalized spacial score (nSPS) is 24.8. The molecule has 0 aromatic heterocycles. The Morgan fingerprint density at radius 1 is 1.57 bits per heavy atom. The second kappa shape index (κ2) is 5.82. The number of rotatable bonds is 2. The van der Waals surface area contributed by atoms with E-state index >= 15 is 0 Å². The van der Waals surface area contributed by atoms with Gasteiger partial charge in [-0.3, -0.25) is 10.4 Å². The minimum Gasteiger partial charge on any atom is -0.354 e. The third-order valence-corrected chi connectivity index (χ3v) is 2.79. The summed E-state index contributed by atoms with van der Waals surface area (Å²) < 4.78 is 0. The van der Waals surface area contributed by atoms with Gasteiger partial charge in [-0.05, 0) is 26.4 Å². The van der Waals surface area contributed by atoms with E-state index in [2.05, 4.69) is 27.7 Å². The van der Waals surface area contributed by atoms with E-state index in [0.717, 1.165) is 6.54 Å². The fourth-order valence-electron chi connectivity index (χ4n) is 1.81. The molecule has 5 heteroatoms. The highest BCUT2D eigenvalue weighted by molar-refractivity contribution is 5.78. The van der Waals surface area contributed by atoms with Crippen LogP contribution in [0.25, 0.3) is 0 Å². The van der Waals surface area contributed by atoms with E-state index in [1.54, 1.807) is 7.05 Å². The molecule has 1 saturated heterocycles. The van der Waals surface area contributed by atoms with Gasteiger partial charge in [0.15, 0.2) is 0 Å². The van der Waals surface area contributed by atoms with Gasteiger partial charge in [-0.1, -0.05) is 6.42 Å². The average Bonchev–Trinajstić information content (AvgIpc) is 2.22. The van der Waals surface area contributed by atoms with E-state index in [0.29, 0.717) is 12.0 Å². The number of piperidine rings is 1. The average molecular weight is 199 g/mol. The van der Waals surface area contributed by atoms with Gasteiger partial charge in [-0.2, -0.15) is 0 Å². The van der Waals surface area contributed by atoms with E-state index in [9.17, 15) is 0 Å². The van der Waals surface area contributed by atoms with Gasteiger partial charge in [-0.25, -0.2) is 5.84 Å². The van der Waals surface area contributed by atoms with Crippen molar-refractivity contribution in [1.82, 2.24) is 15.6 Å². The zero-order valence-corrected chi connectivity index (χ0v) is 9.08. The Labute approximate surface area is 85.7 Å². The number of hydrazine groups is 1. The molecule has 14 heavy (non-hydrogen) atoms. The van der Waals surface area contributed by atoms with Crippen LogP contribution in [0, 0.1) is 0 Å². The fraction of sp³-hybridized carbons (Fsp3) is 0.889. The predicted molar refractivity (Wildman–Crippen MR) is 59.0 cm³/mol. The molecule has 4 N–H and O–H groups in total. The lowest BCUT2D eigenvalue weighted by Gasteiger charge is -2.32. The Hall–Kier alpha value is -0.810. The Kier molecular flexibility index (Phi) is 4.69. The summed E-state index contributed by atoms with van der Waals surface area (Å²) in [6, 6.07) is 0.605. The summed E-state index contributed by atoms with van der Waals surface area (Å²) in [5.74, 6) is 5.93. The third kappa shape index (κ3) is 3.16. The number of guanidine groups is 1. The van der Waals surface area contributed by atoms with E-state index in [1.165, 1.54) is 25.8 Å². The first-order valence-corrected chi connectivity index (χ1v) is 5.15. The van der Waals surface area contributed by atoms with E-state index in [4.69, 9.17) is 5.84 Å². The zero-order chi connectivity index (χ0) is 10.4. The summed E-state index contributed by atoms with van der Waals surface area (Å²) >= 11 is 0. The van der Waals surface area contributed by atoms with Crippen molar-refractivity contribution in [3.63, 3.8) is 0 Å². The number of nitrogens with one attached hydrogen (secondary N) is 2. The Morgan fingerprint density at radius 2 is 2.36 bits per heavy atom. The lowest BCUT2D eigenvalue weighted by atomic mass is 10.0. The number of hydrogen-bond donors (Lipinski definition) is 3. The van der Waals surface area contributed by atoms with Crippen LogP contribution in [0.4, 0.5) is 0 Å². The molecular weight excluding hydrogens is 178 g/mol. The number of likely N-dealkylation sites (N-methyl/N-ethyl adjacent to an activating group) is 1. The number of nitrogens with two attached hydrogens (primary N) is 1. The van der Waals surface area contributed by atoms with Crippen LogP contribution in [-0.2, 0) is 0 Å². The van der Waals surface area contributed by atoms with Gasteiger partial charge in [-0.15, -0.1) is 0 Å². The van der Waals surface area contributed by atoms with E-state index < -0.39 is 0 Å². The van der Waals surface area contributed by atoms with Crippen LogP contribution < -0.4 is 16.6 Å². The van der Waals surface area contributed by atoms with Crippen LogP contribution in [-0.4, -0.2) is 44.1 Å². The highest BCUT2D eigenvalue weighted by Crippen LogP contribution is 2.13. The first-order chi connectivity index (χ1) is 6.77. The summed E-state index contributed by atoms with van der Waals surface area (Å²) in [5.41, 5.74) is 2.53. The van der Waals surface area contributed by atoms with Gasteiger partial charge in [0.2, 0.25) is 5.96 Å². The van der Waals surface area contributed by atoms with Gasteiger partial charge < -0.3 is 10.2 Å². The van der Waals surface area contributed by atoms with Crippen molar-refractivity contribution in [3.05, 3.63) is 0 Å². The summed E-state index contributed by atoms with van der Waals surface area (Å²) in [5, 5.41) is 3.19. The number of aliphatic imine (C=N–C) groups is 1. The fourth-order valence-corrected chi connectivity index (χ4v) is 1.81. The highest BCUT2D eigenvalue weighted by Gasteiger charge is 2.18. The number of hydrogen-bond acceptors (Lipinski definition) is 3. The van der Waals surface area contributed by atoms with Crippen LogP contribution in [0.3, 0.4) is 0 Å². The van der Waals surface area contributed by atoms with Crippen molar-refractivity contribution in [2.75, 3.05) is 27.2 Å². The lowest BCUT2D eigenvalue weighted by molar-refractivity contribution is 0.186. The SMILES string of the molecule is CN=C(NN)NCC1CCCCN1C. The predicted octanol–water partition coefficient (Wildman–Crippen LogP) is -0.491. The number of likely N-dealkylation sites (tertiary alicyclic amines) is 1. The summed E-state index contributed by atoms with van der Waals surface area (Å²) in [4.78, 5) is 6.36. The Bertz CT molecular complexity index is 192. The van der Waals surface area contributed by atoms with Crippen molar-refractivity contribution < 1.29 is 0 Å². The van der Waals surface area contributed by atoms with Gasteiger partial charge in [0, 0.05) is 19.6 Å². The van der Waals surface area contributed by atoms with Gasteiger partial charge in [0.05, 0.1) is 0 Å². The third-order valence-electron chi connectivity index (χ3n) is 2.79. The second-order valence-electron chi connectivity index (χ2n) is 3.73. The Balaban J connectivity index is 2.28. The van der Waals surface area contributed by atoms with Crippen LogP contribution in [0.15, 0.2) is 4.99 Å². The maximum atomic E-state index is 5.28. The molecule has 5 nitrogen and oxygen atoms in total. The summed E-state index contributed by atoms with van der Waals surface area (Å²) in [6.07, 6.45) is 3.90.